The average Bonchev–Trinajstić information content (AvgIpc) is 3.29. The molecule has 0 bridgehead atoms. The van der Waals surface area contributed by atoms with Gasteiger partial charge in [0, 0.05) is 37.8 Å². The second kappa shape index (κ2) is 7.24. The molecule has 1 aromatic carbocycles. The maximum absolute atomic E-state index is 13.1. The van der Waals surface area contributed by atoms with Gasteiger partial charge in [0.1, 0.15) is 0 Å². The summed E-state index contributed by atoms with van der Waals surface area (Å²) >= 11 is 0. The normalized spacial score (nSPS) is 16.8. The van der Waals surface area contributed by atoms with Crippen LogP contribution in [0.25, 0.3) is 5.69 Å². The first kappa shape index (κ1) is 17.7. The number of carbonyl (C=O) groups is 2. The van der Waals surface area contributed by atoms with Crippen molar-refractivity contribution in [2.24, 2.45) is 0 Å². The highest BCUT2D eigenvalue weighted by atomic mass is 16.3. The fraction of sp³-hybridized carbons (Fsp3) is 0.318. The lowest BCUT2D eigenvalue weighted by Crippen LogP contribution is -2.50. The molecule has 29 heavy (non-hydrogen) atoms. The van der Waals surface area contributed by atoms with Gasteiger partial charge in [0.25, 0.3) is 11.8 Å². The van der Waals surface area contributed by atoms with Crippen molar-refractivity contribution in [1.82, 2.24) is 19.6 Å². The number of rotatable bonds is 4. The van der Waals surface area contributed by atoms with Gasteiger partial charge in [-0.1, -0.05) is 18.2 Å². The van der Waals surface area contributed by atoms with E-state index in [0.717, 1.165) is 24.2 Å². The number of benzene rings is 1. The average molecular weight is 390 g/mol. The smallest absolute Gasteiger partial charge is 0.289 e. The molecule has 1 aliphatic carbocycles. The number of aromatic nitrogens is 2. The Morgan fingerprint density at radius 1 is 0.897 bits per heavy atom. The third-order valence-corrected chi connectivity index (χ3v) is 5.54. The summed E-state index contributed by atoms with van der Waals surface area (Å²) in [6, 6.07) is 15.2. The third kappa shape index (κ3) is 3.44. The van der Waals surface area contributed by atoms with Gasteiger partial charge in [-0.05, 0) is 43.2 Å². The van der Waals surface area contributed by atoms with Gasteiger partial charge in [-0.25, -0.2) is 4.68 Å². The second-order valence-corrected chi connectivity index (χ2v) is 7.54. The molecule has 3 aromatic rings. The minimum absolute atomic E-state index is 0.0771. The lowest BCUT2D eigenvalue weighted by molar-refractivity contribution is 0.0515. The van der Waals surface area contributed by atoms with Crippen LogP contribution in [0.5, 0.6) is 0 Å². The van der Waals surface area contributed by atoms with Gasteiger partial charge in [-0.3, -0.25) is 9.59 Å². The Morgan fingerprint density at radius 2 is 1.59 bits per heavy atom. The summed E-state index contributed by atoms with van der Waals surface area (Å²) in [5.41, 5.74) is 2.55. The van der Waals surface area contributed by atoms with Crippen molar-refractivity contribution in [3.8, 4) is 5.69 Å². The number of amides is 2. The monoisotopic (exact) mass is 390 g/mol. The largest absolute Gasteiger partial charge is 0.459 e. The van der Waals surface area contributed by atoms with Gasteiger partial charge in [0.05, 0.1) is 12.0 Å². The van der Waals surface area contributed by atoms with E-state index in [-0.39, 0.29) is 11.8 Å². The van der Waals surface area contributed by atoms with Crippen molar-refractivity contribution >= 4 is 11.8 Å². The number of nitrogens with zero attached hydrogens (tertiary/aromatic N) is 4. The second-order valence-electron chi connectivity index (χ2n) is 7.54. The highest BCUT2D eigenvalue weighted by molar-refractivity contribution is 5.94. The van der Waals surface area contributed by atoms with E-state index in [4.69, 9.17) is 4.42 Å². The molecule has 0 atom stereocenters. The Labute approximate surface area is 168 Å². The summed E-state index contributed by atoms with van der Waals surface area (Å²) in [5.74, 6) is 0.602. The topological polar surface area (TPSA) is 71.6 Å². The predicted octanol–water partition coefficient (Wildman–Crippen LogP) is 2.94. The van der Waals surface area contributed by atoms with Crippen molar-refractivity contribution in [3.05, 3.63) is 71.9 Å². The molecule has 1 saturated heterocycles. The summed E-state index contributed by atoms with van der Waals surface area (Å²) < 4.78 is 7.10. The summed E-state index contributed by atoms with van der Waals surface area (Å²) in [6.07, 6.45) is 3.77. The Balaban J connectivity index is 1.31. The number of carbonyl (C=O) groups excluding carboxylic acids is 2. The van der Waals surface area contributed by atoms with Crippen LogP contribution < -0.4 is 0 Å². The van der Waals surface area contributed by atoms with Crippen LogP contribution in [0, 0.1) is 0 Å². The summed E-state index contributed by atoms with van der Waals surface area (Å²) in [4.78, 5) is 29.0. The third-order valence-electron chi connectivity index (χ3n) is 5.54. The summed E-state index contributed by atoms with van der Waals surface area (Å²) in [5, 5.41) is 4.64. The van der Waals surface area contributed by atoms with E-state index < -0.39 is 0 Å². The molecule has 7 nitrogen and oxygen atoms in total. The number of para-hydroxylation sites is 1. The molecule has 1 saturated carbocycles. The lowest BCUT2D eigenvalue weighted by atomic mass is 10.2. The first-order valence-corrected chi connectivity index (χ1v) is 9.98. The quantitative estimate of drug-likeness (QED) is 0.687. The van der Waals surface area contributed by atoms with E-state index in [9.17, 15) is 9.59 Å². The molecule has 2 amide bonds. The molecule has 0 spiro atoms. The first-order valence-electron chi connectivity index (χ1n) is 9.98. The highest BCUT2D eigenvalue weighted by Gasteiger charge is 2.32. The molecule has 5 rings (SSSR count). The number of piperazine rings is 1. The molecule has 0 unspecified atom stereocenters. The molecule has 3 heterocycles. The van der Waals surface area contributed by atoms with Crippen molar-refractivity contribution in [2.45, 2.75) is 18.8 Å². The number of furan rings is 1. The molecule has 0 N–H and O–H groups in total. The van der Waals surface area contributed by atoms with Crippen molar-refractivity contribution in [2.75, 3.05) is 26.2 Å². The molecular formula is C22H22N4O3. The van der Waals surface area contributed by atoms with E-state index in [1.807, 2.05) is 41.1 Å². The molecule has 1 aliphatic heterocycles. The molecule has 2 aliphatic rings. The summed E-state index contributed by atoms with van der Waals surface area (Å²) in [6.45, 7) is 1.95. The number of hydrogen-bond donors (Lipinski definition) is 0. The fourth-order valence-electron chi connectivity index (χ4n) is 3.78. The number of hydrogen-bond acceptors (Lipinski definition) is 4. The Morgan fingerprint density at radius 3 is 2.21 bits per heavy atom. The van der Waals surface area contributed by atoms with Crippen LogP contribution in [0.1, 0.15) is 45.5 Å². The van der Waals surface area contributed by atoms with Gasteiger partial charge in [-0.15, -0.1) is 0 Å². The van der Waals surface area contributed by atoms with Gasteiger partial charge >= 0.3 is 0 Å². The van der Waals surface area contributed by atoms with Gasteiger partial charge in [0.15, 0.2) is 11.5 Å². The van der Waals surface area contributed by atoms with Crippen LogP contribution in [0.2, 0.25) is 0 Å². The van der Waals surface area contributed by atoms with Crippen LogP contribution in [0.4, 0.5) is 0 Å². The molecule has 2 aromatic heterocycles. The Bertz CT molecular complexity index is 1010. The predicted molar refractivity (Wildman–Crippen MR) is 106 cm³/mol. The molecule has 7 heteroatoms. The Hall–Kier alpha value is -3.35. The van der Waals surface area contributed by atoms with E-state index in [1.165, 1.54) is 6.26 Å². The van der Waals surface area contributed by atoms with Crippen LogP contribution >= 0.6 is 0 Å². The first-order chi connectivity index (χ1) is 14.2. The maximum atomic E-state index is 13.1. The van der Waals surface area contributed by atoms with Gasteiger partial charge in [0.2, 0.25) is 0 Å². The van der Waals surface area contributed by atoms with E-state index in [0.29, 0.717) is 43.6 Å². The fourth-order valence-corrected chi connectivity index (χ4v) is 3.78. The van der Waals surface area contributed by atoms with Crippen molar-refractivity contribution in [3.63, 3.8) is 0 Å². The molecule has 2 fully saturated rings. The van der Waals surface area contributed by atoms with Crippen molar-refractivity contribution < 1.29 is 14.0 Å². The van der Waals surface area contributed by atoms with Crippen LogP contribution in [0.3, 0.4) is 0 Å². The van der Waals surface area contributed by atoms with E-state index in [1.54, 1.807) is 21.9 Å². The lowest BCUT2D eigenvalue weighted by Gasteiger charge is -2.33. The molecule has 0 radical (unpaired) electrons. The zero-order valence-corrected chi connectivity index (χ0v) is 16.0. The minimum atomic E-state index is -0.133. The zero-order valence-electron chi connectivity index (χ0n) is 16.0. The van der Waals surface area contributed by atoms with Gasteiger partial charge in [-0.2, -0.15) is 5.10 Å². The zero-order chi connectivity index (χ0) is 19.8. The highest BCUT2D eigenvalue weighted by Crippen LogP contribution is 2.41. The van der Waals surface area contributed by atoms with E-state index >= 15 is 0 Å². The summed E-state index contributed by atoms with van der Waals surface area (Å²) in [7, 11) is 0. The minimum Gasteiger partial charge on any atom is -0.459 e. The molecule has 148 valence electrons. The van der Waals surface area contributed by atoms with Crippen LogP contribution in [-0.2, 0) is 0 Å². The van der Waals surface area contributed by atoms with E-state index in [2.05, 4.69) is 5.10 Å². The maximum Gasteiger partial charge on any atom is 0.289 e. The van der Waals surface area contributed by atoms with Crippen LogP contribution in [0.15, 0.2) is 59.2 Å². The SMILES string of the molecule is O=C(c1cc(C2CC2)n(-c2ccccc2)n1)N1CCN(C(=O)c2ccco2)CC1. The molecular weight excluding hydrogens is 368 g/mol. The standard InChI is InChI=1S/C22H22N4O3/c27-21(24-10-12-25(13-11-24)22(28)20-7-4-14-29-20)18-15-19(16-8-9-16)26(23-18)17-5-2-1-3-6-17/h1-7,14-16H,8-13H2. The van der Waals surface area contributed by atoms with Crippen LogP contribution in [-0.4, -0.2) is 57.6 Å². The van der Waals surface area contributed by atoms with Gasteiger partial charge < -0.3 is 14.2 Å². The van der Waals surface area contributed by atoms with Crippen molar-refractivity contribution in [1.29, 1.82) is 0 Å². The Kier molecular flexibility index (Phi) is 4.42.